The average Bonchev–Trinajstić information content (AvgIpc) is 2.76. The van der Waals surface area contributed by atoms with Crippen molar-refractivity contribution >= 4 is 23.2 Å². The van der Waals surface area contributed by atoms with E-state index in [1.54, 1.807) is 6.20 Å². The van der Waals surface area contributed by atoms with Crippen molar-refractivity contribution in [2.75, 3.05) is 12.5 Å². The maximum absolute atomic E-state index is 9.49. The smallest absolute Gasteiger partial charge is 0.147 e. The molecule has 3 aromatic rings. The highest BCUT2D eigenvalue weighted by Gasteiger charge is 2.24. The van der Waals surface area contributed by atoms with Gasteiger partial charge in [0.1, 0.15) is 35.9 Å². The molecule has 0 bridgehead atoms. The van der Waals surface area contributed by atoms with E-state index in [9.17, 15) is 5.26 Å². The standard InChI is InChI=1S/C23H21Cl2N3O2/c1-23(2,18-5-8-21(29-10-9-24)16(11-18)12-26)17-3-6-20(7-4-17)30-15-19-13-27-14-22(25)28-19/h3-8,11,13-14H,9-10,15H2,1-2H3. The summed E-state index contributed by atoms with van der Waals surface area (Å²) in [7, 11) is 0. The Balaban J connectivity index is 1.75. The van der Waals surface area contributed by atoms with Crippen LogP contribution in [0.25, 0.3) is 0 Å². The van der Waals surface area contributed by atoms with E-state index in [1.165, 1.54) is 6.20 Å². The number of nitriles is 1. The van der Waals surface area contributed by atoms with Crippen LogP contribution in [0.4, 0.5) is 0 Å². The Morgan fingerprint density at radius 1 is 1.03 bits per heavy atom. The van der Waals surface area contributed by atoms with Gasteiger partial charge in [-0.2, -0.15) is 5.26 Å². The second-order valence-electron chi connectivity index (χ2n) is 7.13. The number of halogens is 2. The minimum Gasteiger partial charge on any atom is -0.491 e. The first-order valence-electron chi connectivity index (χ1n) is 9.37. The van der Waals surface area contributed by atoms with Crippen LogP contribution in [-0.2, 0) is 12.0 Å². The number of benzene rings is 2. The second-order valence-corrected chi connectivity index (χ2v) is 7.90. The van der Waals surface area contributed by atoms with Crippen molar-refractivity contribution in [3.8, 4) is 17.6 Å². The van der Waals surface area contributed by atoms with Crippen molar-refractivity contribution in [3.05, 3.63) is 82.4 Å². The highest BCUT2D eigenvalue weighted by Crippen LogP contribution is 2.34. The van der Waals surface area contributed by atoms with E-state index >= 15 is 0 Å². The van der Waals surface area contributed by atoms with Gasteiger partial charge in [0.15, 0.2) is 0 Å². The van der Waals surface area contributed by atoms with Crippen molar-refractivity contribution in [1.29, 1.82) is 5.26 Å². The third kappa shape index (κ3) is 5.21. The van der Waals surface area contributed by atoms with E-state index < -0.39 is 0 Å². The first-order chi connectivity index (χ1) is 14.4. The van der Waals surface area contributed by atoms with Gasteiger partial charge in [-0.3, -0.25) is 4.98 Å². The molecule has 0 saturated heterocycles. The third-order valence-electron chi connectivity index (χ3n) is 4.77. The number of hydrogen-bond donors (Lipinski definition) is 0. The van der Waals surface area contributed by atoms with Crippen molar-refractivity contribution in [3.63, 3.8) is 0 Å². The predicted octanol–water partition coefficient (Wildman–Crippen LogP) is 5.52. The number of rotatable bonds is 8. The summed E-state index contributed by atoms with van der Waals surface area (Å²) in [5.74, 6) is 1.64. The van der Waals surface area contributed by atoms with Crippen LogP contribution in [0.5, 0.6) is 11.5 Å². The van der Waals surface area contributed by atoms with Crippen LogP contribution in [0.1, 0.15) is 36.2 Å². The van der Waals surface area contributed by atoms with Crippen LogP contribution in [-0.4, -0.2) is 22.5 Å². The molecule has 0 fully saturated rings. The van der Waals surface area contributed by atoms with Crippen molar-refractivity contribution in [2.24, 2.45) is 0 Å². The highest BCUT2D eigenvalue weighted by molar-refractivity contribution is 6.29. The lowest BCUT2D eigenvalue weighted by Gasteiger charge is -2.27. The molecule has 0 saturated carbocycles. The Kier molecular flexibility index (Phi) is 7.15. The van der Waals surface area contributed by atoms with Crippen LogP contribution in [0.3, 0.4) is 0 Å². The van der Waals surface area contributed by atoms with E-state index in [4.69, 9.17) is 32.7 Å². The summed E-state index contributed by atoms with van der Waals surface area (Å²) in [6.45, 7) is 4.87. The number of nitrogens with zero attached hydrogens (tertiary/aromatic N) is 3. The molecule has 0 aliphatic carbocycles. The summed E-state index contributed by atoms with van der Waals surface area (Å²) < 4.78 is 11.3. The van der Waals surface area contributed by atoms with Gasteiger partial charge < -0.3 is 9.47 Å². The van der Waals surface area contributed by atoms with Gasteiger partial charge in [0.05, 0.1) is 29.5 Å². The molecule has 0 aliphatic heterocycles. The number of hydrogen-bond acceptors (Lipinski definition) is 5. The Morgan fingerprint density at radius 3 is 2.43 bits per heavy atom. The van der Waals surface area contributed by atoms with Crippen LogP contribution in [0.15, 0.2) is 54.9 Å². The van der Waals surface area contributed by atoms with Gasteiger partial charge in [0, 0.05) is 5.41 Å². The molecule has 5 nitrogen and oxygen atoms in total. The molecule has 0 amide bonds. The molecule has 0 spiro atoms. The van der Waals surface area contributed by atoms with Gasteiger partial charge in [0.25, 0.3) is 0 Å². The first-order valence-corrected chi connectivity index (χ1v) is 10.3. The molecule has 7 heteroatoms. The summed E-state index contributed by atoms with van der Waals surface area (Å²) in [5.41, 5.74) is 2.95. The number of ether oxygens (including phenoxy) is 2. The fraction of sp³-hybridized carbons (Fsp3) is 0.261. The molecule has 0 radical (unpaired) electrons. The van der Waals surface area contributed by atoms with Crippen LogP contribution in [0, 0.1) is 11.3 Å². The Morgan fingerprint density at radius 2 is 1.77 bits per heavy atom. The van der Waals surface area contributed by atoms with Gasteiger partial charge >= 0.3 is 0 Å². The van der Waals surface area contributed by atoms with Crippen LogP contribution >= 0.6 is 23.2 Å². The normalized spacial score (nSPS) is 11.0. The molecule has 0 atom stereocenters. The fourth-order valence-corrected chi connectivity index (χ4v) is 3.26. The average molecular weight is 442 g/mol. The molecular formula is C23H21Cl2N3O2. The third-order valence-corrected chi connectivity index (χ3v) is 5.11. The molecule has 30 heavy (non-hydrogen) atoms. The zero-order chi connectivity index (χ0) is 21.6. The van der Waals surface area contributed by atoms with E-state index in [0.717, 1.165) is 16.9 Å². The van der Waals surface area contributed by atoms with Crippen LogP contribution < -0.4 is 9.47 Å². The quantitative estimate of drug-likeness (QED) is 0.430. The molecule has 1 heterocycles. The maximum atomic E-state index is 9.49. The molecule has 0 unspecified atom stereocenters. The number of alkyl halides is 1. The molecule has 154 valence electrons. The van der Waals surface area contributed by atoms with Crippen molar-refractivity contribution in [1.82, 2.24) is 9.97 Å². The lowest BCUT2D eigenvalue weighted by Crippen LogP contribution is -2.19. The zero-order valence-corrected chi connectivity index (χ0v) is 18.2. The maximum Gasteiger partial charge on any atom is 0.147 e. The molecule has 3 rings (SSSR count). The van der Waals surface area contributed by atoms with Crippen molar-refractivity contribution in [2.45, 2.75) is 25.9 Å². The molecular weight excluding hydrogens is 421 g/mol. The topological polar surface area (TPSA) is 68.0 Å². The molecule has 0 N–H and O–H groups in total. The summed E-state index contributed by atoms with van der Waals surface area (Å²) in [6.07, 6.45) is 3.10. The van der Waals surface area contributed by atoms with E-state index in [1.807, 2.05) is 42.5 Å². The van der Waals surface area contributed by atoms with Gasteiger partial charge in [0.2, 0.25) is 0 Å². The second kappa shape index (κ2) is 9.80. The SMILES string of the molecule is CC(C)(c1ccc(OCc2cncc(Cl)n2)cc1)c1ccc(OCCCl)c(C#N)c1. The van der Waals surface area contributed by atoms with Gasteiger partial charge in [-0.05, 0) is 35.4 Å². The van der Waals surface area contributed by atoms with Crippen molar-refractivity contribution < 1.29 is 9.47 Å². The minimum atomic E-state index is -0.312. The monoisotopic (exact) mass is 441 g/mol. The predicted molar refractivity (Wildman–Crippen MR) is 117 cm³/mol. The summed E-state index contributed by atoms with van der Waals surface area (Å²) in [5, 5.41) is 9.82. The molecule has 1 aromatic heterocycles. The van der Waals surface area contributed by atoms with Crippen LogP contribution in [0.2, 0.25) is 5.15 Å². The molecule has 2 aromatic carbocycles. The molecule has 0 aliphatic rings. The Hall–Kier alpha value is -2.81. The summed E-state index contributed by atoms with van der Waals surface area (Å²) >= 11 is 11.5. The Labute approximate surface area is 186 Å². The largest absolute Gasteiger partial charge is 0.491 e. The minimum absolute atomic E-state index is 0.283. The lowest BCUT2D eigenvalue weighted by molar-refractivity contribution is 0.300. The van der Waals surface area contributed by atoms with Gasteiger partial charge in [-0.25, -0.2) is 4.98 Å². The summed E-state index contributed by atoms with van der Waals surface area (Å²) in [6, 6.07) is 15.7. The Bertz CT molecular complexity index is 1050. The zero-order valence-electron chi connectivity index (χ0n) is 16.7. The first kappa shape index (κ1) is 21.9. The lowest BCUT2D eigenvalue weighted by atomic mass is 9.77. The van der Waals surface area contributed by atoms with Gasteiger partial charge in [-0.15, -0.1) is 11.6 Å². The highest BCUT2D eigenvalue weighted by atomic mass is 35.5. The van der Waals surface area contributed by atoms with E-state index in [-0.39, 0.29) is 12.0 Å². The number of aromatic nitrogens is 2. The van der Waals surface area contributed by atoms with Gasteiger partial charge in [-0.1, -0.05) is 43.6 Å². The van der Waals surface area contributed by atoms with E-state index in [0.29, 0.717) is 34.6 Å². The van der Waals surface area contributed by atoms with E-state index in [2.05, 4.69) is 29.9 Å². The summed E-state index contributed by atoms with van der Waals surface area (Å²) in [4.78, 5) is 8.16. The fourth-order valence-electron chi connectivity index (χ4n) is 3.02.